The van der Waals surface area contributed by atoms with E-state index in [1.807, 2.05) is 6.92 Å². The Labute approximate surface area is 116 Å². The van der Waals surface area contributed by atoms with Crippen LogP contribution in [0.4, 0.5) is 10.1 Å². The molecule has 0 saturated heterocycles. The van der Waals surface area contributed by atoms with Crippen molar-refractivity contribution >= 4 is 11.6 Å². The number of nitrogens with zero attached hydrogens (tertiary/aromatic N) is 1. The summed E-state index contributed by atoms with van der Waals surface area (Å²) in [6.45, 7) is 2.25. The highest BCUT2D eigenvalue weighted by molar-refractivity contribution is 5.97. The molecule has 1 aromatic carbocycles. The standard InChI is InChI=1S/C14H17FN4O/c1-2-11-12(16)13(19-18-11)14(20)17-8-7-9-5-3-4-6-10(9)15/h3-6H,2,7-8,16H2,1H3,(H,17,20)(H,18,19). The topological polar surface area (TPSA) is 83.8 Å². The fourth-order valence-electron chi connectivity index (χ4n) is 1.92. The predicted octanol–water partition coefficient (Wildman–Crippen LogP) is 1.67. The van der Waals surface area contributed by atoms with E-state index in [0.29, 0.717) is 30.6 Å². The number of carbonyl (C=O) groups excluding carboxylic acids is 1. The lowest BCUT2D eigenvalue weighted by atomic mass is 10.1. The van der Waals surface area contributed by atoms with Gasteiger partial charge in [-0.05, 0) is 24.5 Å². The number of carbonyl (C=O) groups is 1. The van der Waals surface area contributed by atoms with Crippen molar-refractivity contribution in [2.75, 3.05) is 12.3 Å². The number of aromatic nitrogens is 2. The van der Waals surface area contributed by atoms with E-state index >= 15 is 0 Å². The van der Waals surface area contributed by atoms with Crippen LogP contribution in [-0.4, -0.2) is 22.6 Å². The molecule has 0 aliphatic rings. The highest BCUT2D eigenvalue weighted by Gasteiger charge is 2.15. The number of H-pyrrole nitrogens is 1. The van der Waals surface area contributed by atoms with Crippen molar-refractivity contribution in [2.45, 2.75) is 19.8 Å². The Hall–Kier alpha value is -2.37. The molecular formula is C14H17FN4O. The third kappa shape index (κ3) is 2.96. The molecule has 4 N–H and O–H groups in total. The SMILES string of the molecule is CCc1[nH]nc(C(=O)NCCc2ccccc2F)c1N. The first-order valence-corrected chi connectivity index (χ1v) is 6.47. The number of rotatable bonds is 5. The number of amides is 1. The van der Waals surface area contributed by atoms with Crippen LogP contribution in [0.3, 0.4) is 0 Å². The first-order chi connectivity index (χ1) is 9.63. The Balaban J connectivity index is 1.92. The molecule has 5 nitrogen and oxygen atoms in total. The Morgan fingerprint density at radius 2 is 2.20 bits per heavy atom. The molecule has 1 amide bonds. The number of hydrogen-bond donors (Lipinski definition) is 3. The van der Waals surface area contributed by atoms with E-state index in [2.05, 4.69) is 15.5 Å². The highest BCUT2D eigenvalue weighted by Crippen LogP contribution is 2.14. The van der Waals surface area contributed by atoms with Crippen molar-refractivity contribution in [1.82, 2.24) is 15.5 Å². The number of hydrogen-bond acceptors (Lipinski definition) is 3. The maximum atomic E-state index is 13.4. The summed E-state index contributed by atoms with van der Waals surface area (Å²) < 4.78 is 13.4. The lowest BCUT2D eigenvalue weighted by molar-refractivity contribution is 0.0950. The second-order valence-corrected chi connectivity index (χ2v) is 4.42. The molecule has 2 aromatic rings. The van der Waals surface area contributed by atoms with E-state index in [4.69, 9.17) is 5.73 Å². The van der Waals surface area contributed by atoms with Crippen LogP contribution in [0, 0.1) is 5.82 Å². The second kappa shape index (κ2) is 6.18. The van der Waals surface area contributed by atoms with E-state index in [-0.39, 0.29) is 17.4 Å². The van der Waals surface area contributed by atoms with Crippen molar-refractivity contribution in [3.05, 3.63) is 47.0 Å². The average Bonchev–Trinajstić information content (AvgIpc) is 2.82. The van der Waals surface area contributed by atoms with Gasteiger partial charge in [0.1, 0.15) is 5.82 Å². The number of halogens is 1. The molecule has 0 unspecified atom stereocenters. The molecule has 0 atom stereocenters. The van der Waals surface area contributed by atoms with Crippen LogP contribution < -0.4 is 11.1 Å². The molecule has 1 aromatic heterocycles. The average molecular weight is 276 g/mol. The largest absolute Gasteiger partial charge is 0.395 e. The van der Waals surface area contributed by atoms with E-state index in [1.165, 1.54) is 6.07 Å². The number of aromatic amines is 1. The summed E-state index contributed by atoms with van der Waals surface area (Å²) in [7, 11) is 0. The van der Waals surface area contributed by atoms with Gasteiger partial charge in [0, 0.05) is 6.54 Å². The van der Waals surface area contributed by atoms with Gasteiger partial charge in [-0.2, -0.15) is 5.10 Å². The molecule has 0 spiro atoms. The molecule has 0 fully saturated rings. The summed E-state index contributed by atoms with van der Waals surface area (Å²) in [6, 6.07) is 6.49. The molecule has 2 rings (SSSR count). The van der Waals surface area contributed by atoms with Crippen molar-refractivity contribution < 1.29 is 9.18 Å². The third-order valence-corrected chi connectivity index (χ3v) is 3.09. The van der Waals surface area contributed by atoms with Crippen LogP contribution in [0.15, 0.2) is 24.3 Å². The van der Waals surface area contributed by atoms with Gasteiger partial charge in [-0.15, -0.1) is 0 Å². The monoisotopic (exact) mass is 276 g/mol. The van der Waals surface area contributed by atoms with Crippen LogP contribution in [0.1, 0.15) is 28.7 Å². The van der Waals surface area contributed by atoms with Crippen molar-refractivity contribution in [2.24, 2.45) is 0 Å². The van der Waals surface area contributed by atoms with E-state index < -0.39 is 0 Å². The summed E-state index contributed by atoms with van der Waals surface area (Å²) in [4.78, 5) is 11.9. The molecule has 0 saturated carbocycles. The minimum Gasteiger partial charge on any atom is -0.395 e. The molecule has 6 heteroatoms. The minimum absolute atomic E-state index is 0.190. The van der Waals surface area contributed by atoms with E-state index in [9.17, 15) is 9.18 Å². The molecule has 1 heterocycles. The third-order valence-electron chi connectivity index (χ3n) is 3.09. The van der Waals surface area contributed by atoms with Gasteiger partial charge in [0.2, 0.25) is 0 Å². The summed E-state index contributed by atoms with van der Waals surface area (Å²) in [5.74, 6) is -0.621. The van der Waals surface area contributed by atoms with Crippen LogP contribution in [-0.2, 0) is 12.8 Å². The predicted molar refractivity (Wildman–Crippen MR) is 74.8 cm³/mol. The van der Waals surface area contributed by atoms with Gasteiger partial charge in [-0.25, -0.2) is 4.39 Å². The van der Waals surface area contributed by atoms with Crippen molar-refractivity contribution in [3.8, 4) is 0 Å². The first-order valence-electron chi connectivity index (χ1n) is 6.47. The Kier molecular flexibility index (Phi) is 4.34. The number of nitrogen functional groups attached to an aromatic ring is 1. The van der Waals surface area contributed by atoms with Gasteiger partial charge in [-0.3, -0.25) is 9.89 Å². The lowest BCUT2D eigenvalue weighted by Gasteiger charge is -2.05. The molecule has 106 valence electrons. The van der Waals surface area contributed by atoms with Crippen LogP contribution >= 0.6 is 0 Å². The molecule has 0 aliphatic carbocycles. The molecule has 0 radical (unpaired) electrons. The number of aryl methyl sites for hydroxylation is 1. The fraction of sp³-hybridized carbons (Fsp3) is 0.286. The molecule has 20 heavy (non-hydrogen) atoms. The number of nitrogens with one attached hydrogen (secondary N) is 2. The summed E-state index contributed by atoms with van der Waals surface area (Å²) in [6.07, 6.45) is 1.10. The Morgan fingerprint density at radius 3 is 2.85 bits per heavy atom. The van der Waals surface area contributed by atoms with E-state index in [0.717, 1.165) is 5.69 Å². The number of benzene rings is 1. The molecule has 0 aliphatic heterocycles. The van der Waals surface area contributed by atoms with E-state index in [1.54, 1.807) is 18.2 Å². The van der Waals surface area contributed by atoms with Crippen LogP contribution in [0.2, 0.25) is 0 Å². The maximum Gasteiger partial charge on any atom is 0.273 e. The summed E-state index contributed by atoms with van der Waals surface area (Å²) >= 11 is 0. The van der Waals surface area contributed by atoms with Crippen molar-refractivity contribution in [1.29, 1.82) is 0 Å². The van der Waals surface area contributed by atoms with Gasteiger partial charge in [-0.1, -0.05) is 25.1 Å². The zero-order valence-electron chi connectivity index (χ0n) is 11.2. The Bertz CT molecular complexity index is 609. The van der Waals surface area contributed by atoms with Gasteiger partial charge in [0.05, 0.1) is 11.4 Å². The van der Waals surface area contributed by atoms with Gasteiger partial charge in [0.25, 0.3) is 5.91 Å². The zero-order chi connectivity index (χ0) is 14.5. The summed E-state index contributed by atoms with van der Waals surface area (Å²) in [5.41, 5.74) is 7.68. The smallest absolute Gasteiger partial charge is 0.273 e. The zero-order valence-corrected chi connectivity index (χ0v) is 11.2. The second-order valence-electron chi connectivity index (χ2n) is 4.42. The van der Waals surface area contributed by atoms with Crippen LogP contribution in [0.25, 0.3) is 0 Å². The van der Waals surface area contributed by atoms with Crippen molar-refractivity contribution in [3.63, 3.8) is 0 Å². The van der Waals surface area contributed by atoms with Gasteiger partial charge >= 0.3 is 0 Å². The van der Waals surface area contributed by atoms with Gasteiger partial charge < -0.3 is 11.1 Å². The highest BCUT2D eigenvalue weighted by atomic mass is 19.1. The fourth-order valence-corrected chi connectivity index (χ4v) is 1.92. The van der Waals surface area contributed by atoms with Gasteiger partial charge in [0.15, 0.2) is 5.69 Å². The molecule has 0 bridgehead atoms. The number of anilines is 1. The molecular weight excluding hydrogens is 259 g/mol. The van der Waals surface area contributed by atoms with Crippen LogP contribution in [0.5, 0.6) is 0 Å². The number of nitrogens with two attached hydrogens (primary N) is 1. The summed E-state index contributed by atoms with van der Waals surface area (Å²) in [5, 5.41) is 9.30. The lowest BCUT2D eigenvalue weighted by Crippen LogP contribution is -2.27. The first kappa shape index (κ1) is 14.0. The maximum absolute atomic E-state index is 13.4. The Morgan fingerprint density at radius 1 is 1.45 bits per heavy atom. The normalized spacial score (nSPS) is 10.5. The minimum atomic E-state index is -0.352. The quantitative estimate of drug-likeness (QED) is 0.776.